The number of nitrogens with zero attached hydrogens (tertiary/aromatic N) is 2. The van der Waals surface area contributed by atoms with Crippen molar-refractivity contribution in [3.63, 3.8) is 0 Å². The maximum Gasteiger partial charge on any atom is 0.184 e. The average molecular weight is 274 g/mol. The average Bonchev–Trinajstić information content (AvgIpc) is 2.53. The zero-order valence-electron chi connectivity index (χ0n) is 11.8. The van der Waals surface area contributed by atoms with E-state index in [1.807, 2.05) is 18.3 Å². The Balaban J connectivity index is 2.23. The molecule has 1 aliphatic rings. The van der Waals surface area contributed by atoms with Gasteiger partial charge in [-0.05, 0) is 12.1 Å². The lowest BCUT2D eigenvalue weighted by molar-refractivity contribution is 0.122. The van der Waals surface area contributed by atoms with E-state index in [1.165, 1.54) is 0 Å². The summed E-state index contributed by atoms with van der Waals surface area (Å²) in [5.74, 6) is 1.50. The van der Waals surface area contributed by atoms with E-state index in [9.17, 15) is 0 Å². The molecule has 1 fully saturated rings. The highest BCUT2D eigenvalue weighted by atomic mass is 16.5. The fraction of sp³-hybridized carbons (Fsp3) is 0.400. The number of rotatable bonds is 3. The standard InChI is InChI=1S/C15H18N2O3/c1-18-13-9-11-10-16-4-3-12(11)14(15(13)19-2)17-5-7-20-8-6-17/h3-4,9-10H,5-8H2,1-2H3. The van der Waals surface area contributed by atoms with E-state index < -0.39 is 0 Å². The molecule has 3 rings (SSSR count). The zero-order valence-corrected chi connectivity index (χ0v) is 11.8. The zero-order chi connectivity index (χ0) is 13.9. The van der Waals surface area contributed by atoms with Gasteiger partial charge in [-0.2, -0.15) is 0 Å². The van der Waals surface area contributed by atoms with Crippen LogP contribution < -0.4 is 14.4 Å². The van der Waals surface area contributed by atoms with Crippen molar-refractivity contribution in [2.45, 2.75) is 0 Å². The summed E-state index contributed by atoms with van der Waals surface area (Å²) in [7, 11) is 3.33. The van der Waals surface area contributed by atoms with E-state index in [-0.39, 0.29) is 0 Å². The molecule has 0 unspecified atom stereocenters. The number of ether oxygens (including phenoxy) is 3. The molecular formula is C15H18N2O3. The lowest BCUT2D eigenvalue weighted by atomic mass is 10.1. The Kier molecular flexibility index (Phi) is 3.60. The smallest absolute Gasteiger partial charge is 0.184 e. The van der Waals surface area contributed by atoms with Crippen LogP contribution in [0.1, 0.15) is 0 Å². The molecule has 1 aromatic carbocycles. The normalized spacial score (nSPS) is 15.4. The van der Waals surface area contributed by atoms with Gasteiger partial charge >= 0.3 is 0 Å². The Labute approximate surface area is 118 Å². The quantitative estimate of drug-likeness (QED) is 0.857. The highest BCUT2D eigenvalue weighted by molar-refractivity contribution is 5.99. The van der Waals surface area contributed by atoms with Crippen LogP contribution in [0.5, 0.6) is 11.5 Å². The predicted molar refractivity (Wildman–Crippen MR) is 77.9 cm³/mol. The van der Waals surface area contributed by atoms with Gasteiger partial charge in [0, 0.05) is 36.3 Å². The van der Waals surface area contributed by atoms with Crippen molar-refractivity contribution >= 4 is 16.5 Å². The van der Waals surface area contributed by atoms with Crippen molar-refractivity contribution in [2.75, 3.05) is 45.4 Å². The number of benzene rings is 1. The fourth-order valence-corrected chi connectivity index (χ4v) is 2.63. The van der Waals surface area contributed by atoms with Gasteiger partial charge in [0.15, 0.2) is 11.5 Å². The summed E-state index contributed by atoms with van der Waals surface area (Å²) >= 11 is 0. The van der Waals surface area contributed by atoms with Gasteiger partial charge in [0.1, 0.15) is 0 Å². The third kappa shape index (κ3) is 2.14. The number of anilines is 1. The van der Waals surface area contributed by atoms with E-state index in [4.69, 9.17) is 14.2 Å². The topological polar surface area (TPSA) is 43.8 Å². The van der Waals surface area contributed by atoms with Crippen molar-refractivity contribution in [1.29, 1.82) is 0 Å². The van der Waals surface area contributed by atoms with Crippen LogP contribution in [0.25, 0.3) is 10.8 Å². The molecule has 106 valence electrons. The molecule has 0 saturated carbocycles. The van der Waals surface area contributed by atoms with Gasteiger partial charge in [0.25, 0.3) is 0 Å². The summed E-state index contributed by atoms with van der Waals surface area (Å²) in [5, 5.41) is 2.17. The monoisotopic (exact) mass is 274 g/mol. The largest absolute Gasteiger partial charge is 0.493 e. The van der Waals surface area contributed by atoms with E-state index >= 15 is 0 Å². The number of methoxy groups -OCH3 is 2. The number of hydrogen-bond donors (Lipinski definition) is 0. The van der Waals surface area contributed by atoms with Gasteiger partial charge in [-0.1, -0.05) is 0 Å². The van der Waals surface area contributed by atoms with E-state index in [1.54, 1.807) is 20.4 Å². The SMILES string of the molecule is COc1cc2cnccc2c(N2CCOCC2)c1OC. The van der Waals surface area contributed by atoms with Crippen LogP contribution >= 0.6 is 0 Å². The van der Waals surface area contributed by atoms with Gasteiger partial charge < -0.3 is 19.1 Å². The second-order valence-electron chi connectivity index (χ2n) is 4.66. The summed E-state index contributed by atoms with van der Waals surface area (Å²) in [5.41, 5.74) is 1.06. The Hall–Kier alpha value is -2.01. The first kappa shape index (κ1) is 13.0. The van der Waals surface area contributed by atoms with Crippen molar-refractivity contribution in [3.05, 3.63) is 24.5 Å². The first-order valence-electron chi connectivity index (χ1n) is 6.66. The van der Waals surface area contributed by atoms with Gasteiger partial charge in [-0.3, -0.25) is 4.98 Å². The molecule has 0 bridgehead atoms. The highest BCUT2D eigenvalue weighted by Gasteiger charge is 2.22. The maximum absolute atomic E-state index is 5.60. The van der Waals surface area contributed by atoms with Crippen molar-refractivity contribution in [1.82, 2.24) is 4.98 Å². The van der Waals surface area contributed by atoms with Gasteiger partial charge in [-0.25, -0.2) is 0 Å². The van der Waals surface area contributed by atoms with Crippen molar-refractivity contribution in [2.24, 2.45) is 0 Å². The summed E-state index contributed by atoms with van der Waals surface area (Å²) in [6.07, 6.45) is 3.65. The summed E-state index contributed by atoms with van der Waals surface area (Å²) < 4.78 is 16.5. The van der Waals surface area contributed by atoms with Crippen molar-refractivity contribution < 1.29 is 14.2 Å². The Morgan fingerprint density at radius 3 is 2.70 bits per heavy atom. The van der Waals surface area contributed by atoms with Crippen LogP contribution in [0.2, 0.25) is 0 Å². The summed E-state index contributed by atoms with van der Waals surface area (Å²) in [6, 6.07) is 3.98. The minimum Gasteiger partial charge on any atom is -0.493 e. The number of aromatic nitrogens is 1. The third-order valence-electron chi connectivity index (χ3n) is 3.58. The van der Waals surface area contributed by atoms with Crippen LogP contribution in [-0.2, 0) is 4.74 Å². The van der Waals surface area contributed by atoms with Gasteiger partial charge in [-0.15, -0.1) is 0 Å². The second-order valence-corrected chi connectivity index (χ2v) is 4.66. The number of morpholine rings is 1. The molecule has 0 aliphatic carbocycles. The van der Waals surface area contributed by atoms with Crippen molar-refractivity contribution in [3.8, 4) is 11.5 Å². The molecule has 0 amide bonds. The van der Waals surface area contributed by atoms with Crippen LogP contribution in [-0.4, -0.2) is 45.5 Å². The molecule has 0 radical (unpaired) electrons. The molecular weight excluding hydrogens is 256 g/mol. The van der Waals surface area contributed by atoms with Gasteiger partial charge in [0.05, 0.1) is 33.1 Å². The minimum atomic E-state index is 0.729. The van der Waals surface area contributed by atoms with Crippen LogP contribution in [0.3, 0.4) is 0 Å². The molecule has 2 heterocycles. The molecule has 20 heavy (non-hydrogen) atoms. The molecule has 0 spiro atoms. The second kappa shape index (κ2) is 5.54. The Bertz CT molecular complexity index is 609. The van der Waals surface area contributed by atoms with E-state index in [0.717, 1.165) is 54.3 Å². The van der Waals surface area contributed by atoms with Gasteiger partial charge in [0.2, 0.25) is 0 Å². The molecule has 1 aromatic heterocycles. The number of hydrogen-bond acceptors (Lipinski definition) is 5. The van der Waals surface area contributed by atoms with Crippen LogP contribution in [0, 0.1) is 0 Å². The molecule has 0 N–H and O–H groups in total. The third-order valence-corrected chi connectivity index (χ3v) is 3.58. The molecule has 0 atom stereocenters. The minimum absolute atomic E-state index is 0.729. The summed E-state index contributed by atoms with van der Waals surface area (Å²) in [6.45, 7) is 3.15. The highest BCUT2D eigenvalue weighted by Crippen LogP contribution is 2.43. The molecule has 2 aromatic rings. The van der Waals surface area contributed by atoms with E-state index in [2.05, 4.69) is 9.88 Å². The molecule has 5 heteroatoms. The molecule has 1 saturated heterocycles. The Morgan fingerprint density at radius 2 is 2.00 bits per heavy atom. The first-order valence-corrected chi connectivity index (χ1v) is 6.66. The molecule has 5 nitrogen and oxygen atoms in total. The molecule has 1 aliphatic heterocycles. The van der Waals surface area contributed by atoms with Crippen LogP contribution in [0.15, 0.2) is 24.5 Å². The lowest BCUT2D eigenvalue weighted by Crippen LogP contribution is -2.36. The lowest BCUT2D eigenvalue weighted by Gasteiger charge is -2.31. The Morgan fingerprint density at radius 1 is 1.20 bits per heavy atom. The predicted octanol–water partition coefficient (Wildman–Crippen LogP) is 2.09. The first-order chi connectivity index (χ1) is 9.85. The maximum atomic E-state index is 5.60. The number of pyridine rings is 1. The fourth-order valence-electron chi connectivity index (χ4n) is 2.63. The number of fused-ring (bicyclic) bond motifs is 1. The summed E-state index contributed by atoms with van der Waals surface area (Å²) in [4.78, 5) is 6.48. The van der Waals surface area contributed by atoms with Crippen LogP contribution in [0.4, 0.5) is 5.69 Å². The van der Waals surface area contributed by atoms with E-state index in [0.29, 0.717) is 0 Å².